The maximum Gasteiger partial charge on any atom is 0.405 e. The molecule has 2 N–H and O–H groups in total. The highest BCUT2D eigenvalue weighted by molar-refractivity contribution is 14.1. The minimum absolute atomic E-state index is 0.590. The molecular formula is C10H13IN2O2. The zero-order chi connectivity index (χ0) is 11.5. The van der Waals surface area contributed by atoms with Crippen LogP contribution in [0.25, 0.3) is 0 Å². The smallest absolute Gasteiger partial charge is 0.405 e. The largest absolute Gasteiger partial charge is 0.443 e. The molecule has 0 fully saturated rings. The van der Waals surface area contributed by atoms with Gasteiger partial charge in [-0.15, -0.1) is 0 Å². The highest BCUT2D eigenvalue weighted by Gasteiger charge is 2.23. The molecule has 0 aliphatic rings. The first-order valence-electron chi connectivity index (χ1n) is 4.47. The third-order valence-electron chi connectivity index (χ3n) is 1.85. The number of amides is 1. The van der Waals surface area contributed by atoms with Gasteiger partial charge < -0.3 is 10.5 Å². The first-order chi connectivity index (χ1) is 6.91. The van der Waals surface area contributed by atoms with E-state index in [-0.39, 0.29) is 0 Å². The van der Waals surface area contributed by atoms with Gasteiger partial charge in [0.15, 0.2) is 0 Å². The molecule has 1 rings (SSSR count). The van der Waals surface area contributed by atoms with Gasteiger partial charge in [-0.3, -0.25) is 4.98 Å². The summed E-state index contributed by atoms with van der Waals surface area (Å²) >= 11 is 2.20. The van der Waals surface area contributed by atoms with E-state index >= 15 is 0 Å². The van der Waals surface area contributed by atoms with Crippen LogP contribution in [0.5, 0.6) is 0 Å². The lowest BCUT2D eigenvalue weighted by Crippen LogP contribution is -2.33. The molecule has 1 aromatic rings. The van der Waals surface area contributed by atoms with Crippen molar-refractivity contribution in [1.82, 2.24) is 4.98 Å². The zero-order valence-corrected chi connectivity index (χ0v) is 10.8. The quantitative estimate of drug-likeness (QED) is 0.868. The van der Waals surface area contributed by atoms with Crippen molar-refractivity contribution < 1.29 is 9.53 Å². The second-order valence-corrected chi connectivity index (χ2v) is 4.99. The fourth-order valence-corrected chi connectivity index (χ4v) is 1.85. The van der Waals surface area contributed by atoms with Crippen molar-refractivity contribution in [3.63, 3.8) is 0 Å². The summed E-state index contributed by atoms with van der Waals surface area (Å²) in [6.45, 7) is 3.66. The summed E-state index contributed by atoms with van der Waals surface area (Å²) in [5, 5.41) is 0. The second-order valence-electron chi connectivity index (χ2n) is 3.82. The highest BCUT2D eigenvalue weighted by atomic mass is 127. The maximum absolute atomic E-state index is 10.7. The van der Waals surface area contributed by atoms with Crippen LogP contribution in [0.4, 0.5) is 4.79 Å². The van der Waals surface area contributed by atoms with Gasteiger partial charge in [0.2, 0.25) is 0 Å². The molecule has 0 aromatic carbocycles. The predicted octanol–water partition coefficient (Wildman–Crippen LogP) is 2.10. The number of pyridine rings is 1. The molecule has 0 unspecified atom stereocenters. The summed E-state index contributed by atoms with van der Waals surface area (Å²) in [6.07, 6.45) is 3.37. The van der Waals surface area contributed by atoms with Crippen molar-refractivity contribution >= 4 is 28.7 Å². The Balaban J connectivity index is 2.77. The predicted molar refractivity (Wildman–Crippen MR) is 65.4 cm³/mol. The lowest BCUT2D eigenvalue weighted by molar-refractivity contribution is 0.0459. The van der Waals surface area contributed by atoms with E-state index in [1.807, 2.05) is 19.9 Å². The van der Waals surface area contributed by atoms with Crippen molar-refractivity contribution in [3.8, 4) is 0 Å². The summed E-state index contributed by atoms with van der Waals surface area (Å²) in [4.78, 5) is 14.7. The van der Waals surface area contributed by atoms with Gasteiger partial charge in [0.1, 0.15) is 5.60 Å². The molecule has 0 bridgehead atoms. The van der Waals surface area contributed by atoms with Gasteiger partial charge in [-0.25, -0.2) is 4.79 Å². The van der Waals surface area contributed by atoms with Crippen molar-refractivity contribution in [1.29, 1.82) is 0 Å². The fraction of sp³-hybridized carbons (Fsp3) is 0.400. The molecule has 1 aromatic heterocycles. The van der Waals surface area contributed by atoms with E-state index in [2.05, 4.69) is 27.6 Å². The number of carbonyl (C=O) groups excluding carboxylic acids is 1. The minimum Gasteiger partial charge on any atom is -0.443 e. The lowest BCUT2D eigenvalue weighted by Gasteiger charge is -2.24. The van der Waals surface area contributed by atoms with Gasteiger partial charge in [0.25, 0.3) is 0 Å². The Hall–Kier alpha value is -0.850. The summed E-state index contributed by atoms with van der Waals surface area (Å²) in [7, 11) is 0. The van der Waals surface area contributed by atoms with Crippen LogP contribution >= 0.6 is 22.6 Å². The van der Waals surface area contributed by atoms with Crippen molar-refractivity contribution in [2.45, 2.75) is 25.9 Å². The number of hydrogen-bond acceptors (Lipinski definition) is 3. The van der Waals surface area contributed by atoms with Gasteiger partial charge >= 0.3 is 6.09 Å². The van der Waals surface area contributed by atoms with Gasteiger partial charge in [0, 0.05) is 22.4 Å². The molecule has 0 spiro atoms. The number of ether oxygens (including phenoxy) is 1. The van der Waals surface area contributed by atoms with Gasteiger partial charge in [-0.1, -0.05) is 0 Å². The molecule has 4 nitrogen and oxygen atoms in total. The molecule has 82 valence electrons. The Bertz CT molecular complexity index is 366. The highest BCUT2D eigenvalue weighted by Crippen LogP contribution is 2.20. The van der Waals surface area contributed by atoms with Crippen molar-refractivity contribution in [3.05, 3.63) is 27.6 Å². The number of halogens is 1. The van der Waals surface area contributed by atoms with E-state index in [0.29, 0.717) is 6.42 Å². The van der Waals surface area contributed by atoms with Crippen molar-refractivity contribution in [2.75, 3.05) is 0 Å². The Labute approximate surface area is 102 Å². The van der Waals surface area contributed by atoms with E-state index < -0.39 is 11.7 Å². The molecule has 1 heterocycles. The van der Waals surface area contributed by atoms with Crippen LogP contribution in [0, 0.1) is 3.57 Å². The summed E-state index contributed by atoms with van der Waals surface area (Å²) in [6, 6.07) is 1.91. The first kappa shape index (κ1) is 12.2. The van der Waals surface area contributed by atoms with Crippen LogP contribution in [0.15, 0.2) is 18.5 Å². The maximum atomic E-state index is 10.7. The Kier molecular flexibility index (Phi) is 3.90. The summed E-state index contributed by atoms with van der Waals surface area (Å²) < 4.78 is 6.06. The third-order valence-corrected chi connectivity index (χ3v) is 2.82. The molecule has 1 amide bonds. The number of nitrogens with zero attached hydrogens (tertiary/aromatic N) is 1. The number of aromatic nitrogens is 1. The van der Waals surface area contributed by atoms with Crippen LogP contribution in [0.1, 0.15) is 19.4 Å². The van der Waals surface area contributed by atoms with Crippen LogP contribution in [0.3, 0.4) is 0 Å². The molecule has 5 heteroatoms. The minimum atomic E-state index is -0.746. The van der Waals surface area contributed by atoms with Crippen LogP contribution < -0.4 is 5.73 Å². The molecule has 0 aliphatic carbocycles. The Morgan fingerprint density at radius 2 is 2.33 bits per heavy atom. The number of hydrogen-bond donors (Lipinski definition) is 1. The van der Waals surface area contributed by atoms with Gasteiger partial charge in [-0.05, 0) is 48.1 Å². The molecule has 0 aliphatic heterocycles. The van der Waals surface area contributed by atoms with Gasteiger partial charge in [0.05, 0.1) is 0 Å². The van der Waals surface area contributed by atoms with Gasteiger partial charge in [-0.2, -0.15) is 0 Å². The number of primary amides is 1. The van der Waals surface area contributed by atoms with E-state index in [1.165, 1.54) is 0 Å². The van der Waals surface area contributed by atoms with E-state index in [1.54, 1.807) is 12.4 Å². The molecule has 15 heavy (non-hydrogen) atoms. The standard InChI is InChI=1S/C10H13IN2O2/c1-10(2,15-9(12)14)5-7-3-4-13-6-8(7)11/h3-4,6H,5H2,1-2H3,(H2,12,14). The van der Waals surface area contributed by atoms with Crippen LogP contribution in [0.2, 0.25) is 0 Å². The Morgan fingerprint density at radius 1 is 1.67 bits per heavy atom. The molecular weight excluding hydrogens is 307 g/mol. The first-order valence-corrected chi connectivity index (χ1v) is 5.55. The Morgan fingerprint density at radius 3 is 2.87 bits per heavy atom. The number of carbonyl (C=O) groups is 1. The van der Waals surface area contributed by atoms with Crippen LogP contribution in [-0.4, -0.2) is 16.7 Å². The van der Waals surface area contributed by atoms with E-state index in [4.69, 9.17) is 10.5 Å². The summed E-state index contributed by atoms with van der Waals surface area (Å²) in [5.74, 6) is 0. The fourth-order valence-electron chi connectivity index (χ4n) is 1.31. The topological polar surface area (TPSA) is 65.2 Å². The molecule has 0 saturated heterocycles. The SMILES string of the molecule is CC(C)(Cc1ccncc1I)OC(N)=O. The number of nitrogens with two attached hydrogens (primary N) is 1. The average molecular weight is 320 g/mol. The molecule has 0 atom stereocenters. The third kappa shape index (κ3) is 4.03. The van der Waals surface area contributed by atoms with Crippen molar-refractivity contribution in [2.24, 2.45) is 5.73 Å². The summed E-state index contributed by atoms with van der Waals surface area (Å²) in [5.41, 5.74) is 5.50. The zero-order valence-electron chi connectivity index (χ0n) is 8.66. The van der Waals surface area contributed by atoms with E-state index in [9.17, 15) is 4.79 Å². The molecule has 0 saturated carbocycles. The lowest BCUT2D eigenvalue weighted by atomic mass is 9.99. The van der Waals surface area contributed by atoms with Crippen LogP contribution in [-0.2, 0) is 11.2 Å². The number of rotatable bonds is 3. The van der Waals surface area contributed by atoms with E-state index in [0.717, 1.165) is 9.13 Å². The second kappa shape index (κ2) is 4.78. The normalized spacial score (nSPS) is 11.1. The monoisotopic (exact) mass is 320 g/mol. The average Bonchev–Trinajstić information content (AvgIpc) is 2.06. The molecule has 0 radical (unpaired) electrons.